The van der Waals surface area contributed by atoms with E-state index in [0.717, 1.165) is 0 Å². The molecule has 0 saturated carbocycles. The van der Waals surface area contributed by atoms with Crippen LogP contribution < -0.4 is 0 Å². The average Bonchev–Trinajstić information content (AvgIpc) is 2.11. The lowest BCUT2D eigenvalue weighted by molar-refractivity contribution is -0.333. The van der Waals surface area contributed by atoms with E-state index < -0.39 is 50.3 Å². The van der Waals surface area contributed by atoms with E-state index in [0.29, 0.717) is 0 Å². The van der Waals surface area contributed by atoms with E-state index in [2.05, 4.69) is 4.74 Å². The van der Waals surface area contributed by atoms with Crippen molar-refractivity contribution in [2.75, 3.05) is 13.3 Å². The van der Waals surface area contributed by atoms with Gasteiger partial charge in [-0.3, -0.25) is 0 Å². The smallest absolute Gasteiger partial charge is 0.303 e. The van der Waals surface area contributed by atoms with E-state index in [-0.39, 0.29) is 0 Å². The fourth-order valence-corrected chi connectivity index (χ4v) is 1.15. The molecule has 0 aliphatic carbocycles. The Hall–Kier alpha value is -0.740. The van der Waals surface area contributed by atoms with Gasteiger partial charge in [-0.1, -0.05) is 0 Å². The molecule has 19 heavy (non-hydrogen) atoms. The van der Waals surface area contributed by atoms with Crippen LogP contribution in [-0.2, 0) is 4.74 Å². The highest BCUT2D eigenvalue weighted by molar-refractivity contribution is 4.80. The van der Waals surface area contributed by atoms with E-state index in [1.807, 2.05) is 0 Å². The molecule has 0 spiro atoms. The van der Waals surface area contributed by atoms with E-state index in [1.54, 1.807) is 0 Å². The largest absolute Gasteiger partial charge is 0.394 e. The second kappa shape index (κ2) is 5.71. The topological polar surface area (TPSA) is 9.23 Å². The van der Waals surface area contributed by atoms with Crippen molar-refractivity contribution in [2.24, 2.45) is 0 Å². The highest BCUT2D eigenvalue weighted by Gasteiger charge is 2.53. The molecule has 0 N–H and O–H groups in total. The maximum atomic E-state index is 13.2. The van der Waals surface area contributed by atoms with Crippen LogP contribution in [0.5, 0.6) is 0 Å². The summed E-state index contributed by atoms with van der Waals surface area (Å²) in [4.78, 5) is 0. The summed E-state index contributed by atoms with van der Waals surface area (Å²) in [5.74, 6) is -8.85. The molecule has 2 unspecified atom stereocenters. The zero-order valence-corrected chi connectivity index (χ0v) is 9.02. The predicted octanol–water partition coefficient (Wildman–Crippen LogP) is 4.18. The molecule has 0 aliphatic rings. The summed E-state index contributed by atoms with van der Waals surface area (Å²) >= 11 is 0. The summed E-state index contributed by atoms with van der Waals surface area (Å²) in [6, 6.07) is 0. The van der Waals surface area contributed by atoms with Crippen molar-refractivity contribution in [3.8, 4) is 0 Å². The lowest BCUT2D eigenvalue weighted by Gasteiger charge is -2.32. The quantitative estimate of drug-likeness (QED) is 0.669. The van der Waals surface area contributed by atoms with Crippen LogP contribution in [-0.4, -0.2) is 37.4 Å². The van der Waals surface area contributed by atoms with Crippen LogP contribution in [0.25, 0.3) is 0 Å². The first-order chi connectivity index (χ1) is 8.24. The number of halogens is 10. The minimum absolute atomic E-state index is 2.59. The van der Waals surface area contributed by atoms with E-state index in [4.69, 9.17) is 0 Å². The maximum absolute atomic E-state index is 13.2. The fourth-order valence-electron chi connectivity index (χ4n) is 1.15. The van der Waals surface area contributed by atoms with Crippen molar-refractivity contribution in [2.45, 2.75) is 36.9 Å². The van der Waals surface area contributed by atoms with Gasteiger partial charge >= 0.3 is 12.4 Å². The third-order valence-electron chi connectivity index (χ3n) is 1.69. The molecule has 0 aromatic heterocycles. The Balaban J connectivity index is 5.00. The lowest BCUT2D eigenvalue weighted by Crippen LogP contribution is -2.46. The van der Waals surface area contributed by atoms with Crippen molar-refractivity contribution < 1.29 is 48.6 Å². The molecule has 0 radical (unpaired) electrons. The molecule has 0 heterocycles. The molecule has 0 fully saturated rings. The van der Waals surface area contributed by atoms with Crippen LogP contribution in [0.2, 0.25) is 0 Å². The molecule has 2 atom stereocenters. The van der Waals surface area contributed by atoms with Crippen LogP contribution in [0.4, 0.5) is 43.9 Å². The maximum Gasteiger partial charge on any atom is 0.394 e. The van der Waals surface area contributed by atoms with Gasteiger partial charge in [-0.15, -0.1) is 0 Å². The predicted molar refractivity (Wildman–Crippen MR) is 42.1 cm³/mol. The number of rotatable bonds is 6. The molecule has 0 bridgehead atoms. The Labute approximate surface area is 100 Å². The third-order valence-corrected chi connectivity index (χ3v) is 1.69. The standard InChI is InChI=1S/C8H8F10O/c9-3-5(11,1-7(13,14)15)19-6(12,4-10)2-8(16,17)18/h1-4H2. The van der Waals surface area contributed by atoms with E-state index >= 15 is 0 Å². The van der Waals surface area contributed by atoms with Gasteiger partial charge < -0.3 is 4.74 Å². The number of hydrogen-bond acceptors (Lipinski definition) is 1. The summed E-state index contributed by atoms with van der Waals surface area (Å²) < 4.78 is 125. The summed E-state index contributed by atoms with van der Waals surface area (Å²) in [5, 5.41) is 0. The molecule has 0 aliphatic heterocycles. The zero-order chi connectivity index (χ0) is 15.5. The Bertz CT molecular complexity index is 258. The Morgan fingerprint density at radius 2 is 0.842 bits per heavy atom. The van der Waals surface area contributed by atoms with E-state index in [1.165, 1.54) is 0 Å². The van der Waals surface area contributed by atoms with Crippen LogP contribution in [0, 0.1) is 0 Å². The molecule has 0 amide bonds. The molecule has 116 valence electrons. The van der Waals surface area contributed by atoms with Crippen molar-refractivity contribution in [1.29, 1.82) is 0 Å². The molecule has 0 aromatic rings. The van der Waals surface area contributed by atoms with Gasteiger partial charge in [0.2, 0.25) is 11.7 Å². The number of alkyl halides is 10. The summed E-state index contributed by atoms with van der Waals surface area (Å²) in [7, 11) is 0. The lowest BCUT2D eigenvalue weighted by atomic mass is 10.2. The van der Waals surface area contributed by atoms with Gasteiger partial charge in [-0.2, -0.15) is 26.3 Å². The summed E-state index contributed by atoms with van der Waals surface area (Å²) in [6.45, 7) is -5.17. The van der Waals surface area contributed by atoms with Gasteiger partial charge in [0.1, 0.15) is 26.2 Å². The van der Waals surface area contributed by atoms with Crippen molar-refractivity contribution in [3.05, 3.63) is 0 Å². The molecule has 1 nitrogen and oxygen atoms in total. The molecular weight excluding hydrogens is 302 g/mol. The van der Waals surface area contributed by atoms with Gasteiger partial charge in [-0.05, 0) is 0 Å². The van der Waals surface area contributed by atoms with Gasteiger partial charge in [0.15, 0.2) is 0 Å². The molecule has 0 aromatic carbocycles. The number of ether oxygens (including phenoxy) is 1. The minimum Gasteiger partial charge on any atom is -0.303 e. The first kappa shape index (κ1) is 18.3. The van der Waals surface area contributed by atoms with Crippen LogP contribution >= 0.6 is 0 Å². The van der Waals surface area contributed by atoms with Crippen molar-refractivity contribution in [3.63, 3.8) is 0 Å². The molecule has 0 saturated heterocycles. The normalized spacial score (nSPS) is 19.9. The minimum atomic E-state index is -5.38. The second-order valence-electron chi connectivity index (χ2n) is 3.72. The Morgan fingerprint density at radius 1 is 0.579 bits per heavy atom. The first-order valence-corrected chi connectivity index (χ1v) is 4.58. The van der Waals surface area contributed by atoms with Crippen molar-refractivity contribution >= 4 is 0 Å². The van der Waals surface area contributed by atoms with Crippen LogP contribution in [0.1, 0.15) is 12.8 Å². The number of hydrogen-bond donors (Lipinski definition) is 0. The fraction of sp³-hybridized carbons (Fsp3) is 1.00. The SMILES string of the molecule is FCC(F)(CC(F)(F)F)OC(F)(CF)CC(F)(F)F. The zero-order valence-electron chi connectivity index (χ0n) is 9.02. The summed E-state index contributed by atoms with van der Waals surface area (Å²) in [5.41, 5.74) is 0. The van der Waals surface area contributed by atoms with Gasteiger partial charge in [-0.25, -0.2) is 17.6 Å². The Morgan fingerprint density at radius 3 is 1.00 bits per heavy atom. The van der Waals surface area contributed by atoms with Crippen molar-refractivity contribution in [1.82, 2.24) is 0 Å². The average molecular weight is 310 g/mol. The van der Waals surface area contributed by atoms with Gasteiger partial charge in [0, 0.05) is 0 Å². The van der Waals surface area contributed by atoms with Gasteiger partial charge in [0.25, 0.3) is 0 Å². The molecular formula is C8H8F10O. The molecule has 11 heteroatoms. The molecule has 0 rings (SSSR count). The first-order valence-electron chi connectivity index (χ1n) is 4.58. The highest BCUT2D eigenvalue weighted by Crippen LogP contribution is 2.39. The van der Waals surface area contributed by atoms with Gasteiger partial charge in [0.05, 0.1) is 0 Å². The van der Waals surface area contributed by atoms with Crippen LogP contribution in [0.3, 0.4) is 0 Å². The highest BCUT2D eigenvalue weighted by atomic mass is 19.4. The van der Waals surface area contributed by atoms with E-state index in [9.17, 15) is 43.9 Å². The third kappa shape index (κ3) is 7.43. The van der Waals surface area contributed by atoms with Crippen LogP contribution in [0.15, 0.2) is 0 Å². The monoisotopic (exact) mass is 310 g/mol. The second-order valence-corrected chi connectivity index (χ2v) is 3.72. The Kier molecular flexibility index (Phi) is 5.49. The summed E-state index contributed by atoms with van der Waals surface area (Å²) in [6.07, 6.45) is -16.2.